The van der Waals surface area contributed by atoms with Crippen LogP contribution in [0.25, 0.3) is 0 Å². The lowest BCUT2D eigenvalue weighted by molar-refractivity contribution is -0.126. The summed E-state index contributed by atoms with van der Waals surface area (Å²) in [7, 11) is 0. The number of hydrogen-bond donors (Lipinski definition) is 0. The van der Waals surface area contributed by atoms with Crippen molar-refractivity contribution in [2.45, 2.75) is 66.2 Å². The number of Topliss-reactive ketones (excluding diaryl/α,β-unsaturated/α-hetero) is 4. The van der Waals surface area contributed by atoms with Crippen LogP contribution in [0.1, 0.15) is 66.2 Å². The molecule has 0 saturated carbocycles. The molecule has 0 spiro atoms. The topological polar surface area (TPSA) is 68.3 Å². The lowest BCUT2D eigenvalue weighted by Gasteiger charge is -1.91. The maximum atomic E-state index is 10.6. The van der Waals surface area contributed by atoms with Gasteiger partial charge in [-0.1, -0.05) is 13.8 Å². The van der Waals surface area contributed by atoms with Gasteiger partial charge in [-0.2, -0.15) is 0 Å². The number of carbonyl (C=O) groups is 4. The van der Waals surface area contributed by atoms with Gasteiger partial charge < -0.3 is 9.59 Å². The Morgan fingerprint density at radius 1 is 0.722 bits per heavy atom. The van der Waals surface area contributed by atoms with Gasteiger partial charge in [-0.05, 0) is 20.3 Å². The fourth-order valence-corrected chi connectivity index (χ4v) is 1.06. The molecule has 0 heterocycles. The van der Waals surface area contributed by atoms with Crippen molar-refractivity contribution in [3.05, 3.63) is 0 Å². The largest absolute Gasteiger partial charge is 0.300 e. The van der Waals surface area contributed by atoms with Crippen LogP contribution in [-0.4, -0.2) is 23.1 Å². The third-order valence-electron chi connectivity index (χ3n) is 2.24. The Balaban J connectivity index is 0. The summed E-state index contributed by atoms with van der Waals surface area (Å²) < 4.78 is 0. The second-order valence-electron chi connectivity index (χ2n) is 4.22. The van der Waals surface area contributed by atoms with Crippen LogP contribution < -0.4 is 0 Å². The average Bonchev–Trinajstić information content (AvgIpc) is 2.28. The van der Waals surface area contributed by atoms with E-state index in [9.17, 15) is 19.2 Å². The molecule has 0 bridgehead atoms. The van der Waals surface area contributed by atoms with Crippen LogP contribution in [-0.2, 0) is 19.2 Å². The van der Waals surface area contributed by atoms with Gasteiger partial charge in [-0.25, -0.2) is 0 Å². The van der Waals surface area contributed by atoms with Crippen LogP contribution in [0.5, 0.6) is 0 Å². The smallest absolute Gasteiger partial charge is 0.139 e. The van der Waals surface area contributed by atoms with E-state index in [1.54, 1.807) is 27.7 Å². The van der Waals surface area contributed by atoms with Gasteiger partial charge in [-0.15, -0.1) is 0 Å². The fourth-order valence-electron chi connectivity index (χ4n) is 1.06. The van der Waals surface area contributed by atoms with E-state index in [1.807, 2.05) is 0 Å². The predicted octanol–water partition coefficient (Wildman–Crippen LogP) is 2.67. The zero-order valence-electron chi connectivity index (χ0n) is 11.9. The van der Waals surface area contributed by atoms with Crippen LogP contribution in [0.2, 0.25) is 0 Å². The van der Waals surface area contributed by atoms with Gasteiger partial charge in [-0.3, -0.25) is 9.59 Å². The lowest BCUT2D eigenvalue weighted by atomic mass is 10.1. The predicted molar refractivity (Wildman–Crippen MR) is 70.4 cm³/mol. The standard InChI is InChI=1S/2C7H12O2/c1-6(8)4-3-5-7(2)9;1-3-6(8)5-7(9)4-2/h2*3-5H2,1-2H3. The van der Waals surface area contributed by atoms with E-state index >= 15 is 0 Å². The molecule has 4 heteroatoms. The minimum Gasteiger partial charge on any atom is -0.300 e. The minimum absolute atomic E-state index is 0.0434. The van der Waals surface area contributed by atoms with Crippen molar-refractivity contribution in [2.75, 3.05) is 0 Å². The van der Waals surface area contributed by atoms with Crippen LogP contribution in [0.4, 0.5) is 0 Å². The first-order valence-electron chi connectivity index (χ1n) is 6.35. The molecule has 0 atom stereocenters. The summed E-state index contributed by atoms with van der Waals surface area (Å²) in [6.07, 6.45) is 2.88. The molecule has 0 aliphatic carbocycles. The van der Waals surface area contributed by atoms with E-state index < -0.39 is 0 Å². The van der Waals surface area contributed by atoms with Crippen LogP contribution in [0.3, 0.4) is 0 Å². The summed E-state index contributed by atoms with van der Waals surface area (Å²) in [5, 5.41) is 0. The SMILES string of the molecule is CC(=O)CCCC(C)=O.CCC(=O)CC(=O)CC. The van der Waals surface area contributed by atoms with E-state index in [2.05, 4.69) is 0 Å². The van der Waals surface area contributed by atoms with Crippen molar-refractivity contribution in [1.29, 1.82) is 0 Å². The molecule has 0 aromatic rings. The minimum atomic E-state index is 0.0434. The van der Waals surface area contributed by atoms with Crippen LogP contribution in [0, 0.1) is 0 Å². The summed E-state index contributed by atoms with van der Waals surface area (Å²) in [5.41, 5.74) is 0. The molecule has 0 amide bonds. The van der Waals surface area contributed by atoms with Crippen molar-refractivity contribution in [1.82, 2.24) is 0 Å². The van der Waals surface area contributed by atoms with Crippen molar-refractivity contribution < 1.29 is 19.2 Å². The Hall–Kier alpha value is -1.32. The molecule has 0 aliphatic heterocycles. The number of hydrogen-bond acceptors (Lipinski definition) is 4. The van der Waals surface area contributed by atoms with E-state index in [0.29, 0.717) is 32.1 Å². The zero-order valence-corrected chi connectivity index (χ0v) is 11.9. The van der Waals surface area contributed by atoms with Crippen molar-refractivity contribution in [3.8, 4) is 0 Å². The average molecular weight is 256 g/mol. The normalized spacial score (nSPS) is 9.11. The summed E-state index contributed by atoms with van der Waals surface area (Å²) in [6, 6.07) is 0. The highest BCUT2D eigenvalue weighted by molar-refractivity contribution is 5.98. The number of carbonyl (C=O) groups excluding carboxylic acids is 4. The molecular formula is C14H24O4. The second kappa shape index (κ2) is 12.1. The van der Waals surface area contributed by atoms with Gasteiger partial charge in [0.2, 0.25) is 0 Å². The molecule has 0 saturated heterocycles. The Morgan fingerprint density at radius 2 is 1.06 bits per heavy atom. The fraction of sp³-hybridized carbons (Fsp3) is 0.714. The zero-order chi connectivity index (χ0) is 14.6. The second-order valence-corrected chi connectivity index (χ2v) is 4.22. The molecule has 0 fully saturated rings. The van der Waals surface area contributed by atoms with Gasteiger partial charge >= 0.3 is 0 Å². The van der Waals surface area contributed by atoms with E-state index in [1.165, 1.54) is 0 Å². The third kappa shape index (κ3) is 17.1. The Morgan fingerprint density at radius 3 is 1.28 bits per heavy atom. The Labute approximate surface area is 109 Å². The maximum Gasteiger partial charge on any atom is 0.139 e. The first-order valence-corrected chi connectivity index (χ1v) is 6.35. The Bertz CT molecular complexity index is 264. The number of ketones is 4. The summed E-state index contributed by atoms with van der Waals surface area (Å²) in [5.74, 6) is 0.413. The van der Waals surface area contributed by atoms with Crippen molar-refractivity contribution in [2.24, 2.45) is 0 Å². The quantitative estimate of drug-likeness (QED) is 0.626. The van der Waals surface area contributed by atoms with E-state index in [-0.39, 0.29) is 29.6 Å². The molecule has 0 unspecified atom stereocenters. The van der Waals surface area contributed by atoms with Gasteiger partial charge in [0.15, 0.2) is 0 Å². The highest BCUT2D eigenvalue weighted by atomic mass is 16.1. The van der Waals surface area contributed by atoms with Crippen LogP contribution >= 0.6 is 0 Å². The first kappa shape index (κ1) is 19.0. The van der Waals surface area contributed by atoms with Crippen molar-refractivity contribution >= 4 is 23.1 Å². The number of rotatable bonds is 8. The van der Waals surface area contributed by atoms with Crippen LogP contribution in [0.15, 0.2) is 0 Å². The Kier molecular flexibility index (Phi) is 12.8. The molecule has 18 heavy (non-hydrogen) atoms. The summed E-state index contributed by atoms with van der Waals surface area (Å²) >= 11 is 0. The van der Waals surface area contributed by atoms with E-state index in [0.717, 1.165) is 0 Å². The van der Waals surface area contributed by atoms with Crippen molar-refractivity contribution in [3.63, 3.8) is 0 Å². The monoisotopic (exact) mass is 256 g/mol. The molecule has 0 aromatic carbocycles. The maximum absolute atomic E-state index is 10.6. The molecule has 0 aromatic heterocycles. The third-order valence-corrected chi connectivity index (χ3v) is 2.24. The van der Waals surface area contributed by atoms with Gasteiger partial charge in [0.1, 0.15) is 23.1 Å². The molecule has 104 valence electrons. The lowest BCUT2D eigenvalue weighted by Crippen LogP contribution is -2.04. The molecule has 0 radical (unpaired) electrons. The van der Waals surface area contributed by atoms with Gasteiger partial charge in [0.25, 0.3) is 0 Å². The molecule has 0 rings (SSSR count). The van der Waals surface area contributed by atoms with E-state index in [4.69, 9.17) is 0 Å². The molecular weight excluding hydrogens is 232 g/mol. The van der Waals surface area contributed by atoms with Gasteiger partial charge in [0, 0.05) is 25.7 Å². The molecule has 4 nitrogen and oxygen atoms in total. The highest BCUT2D eigenvalue weighted by Crippen LogP contribution is 1.95. The summed E-state index contributed by atoms with van der Waals surface area (Å²) in [6.45, 7) is 6.62. The molecule has 0 N–H and O–H groups in total. The first-order chi connectivity index (χ1) is 8.33. The summed E-state index contributed by atoms with van der Waals surface area (Å²) in [4.78, 5) is 41.7. The highest BCUT2D eigenvalue weighted by Gasteiger charge is 2.03. The molecule has 0 aliphatic rings. The van der Waals surface area contributed by atoms with Gasteiger partial charge in [0.05, 0.1) is 6.42 Å².